The minimum atomic E-state index is -3.97. The van der Waals surface area contributed by atoms with Gasteiger partial charge in [-0.15, -0.1) is 0 Å². The minimum absolute atomic E-state index is 0.0696. The molecule has 2 aromatic rings. The number of sulfone groups is 2. The number of hydrogen-bond donors (Lipinski definition) is 0. The van der Waals surface area contributed by atoms with Crippen LogP contribution in [0.25, 0.3) is 0 Å². The van der Waals surface area contributed by atoms with Gasteiger partial charge in [-0.2, -0.15) is 0 Å². The van der Waals surface area contributed by atoms with Crippen molar-refractivity contribution >= 4 is 36.0 Å². The van der Waals surface area contributed by atoms with Gasteiger partial charge in [0.1, 0.15) is 5.00 Å². The Bertz CT molecular complexity index is 1070. The third-order valence-electron chi connectivity index (χ3n) is 4.59. The molecule has 3 rings (SSSR count). The van der Waals surface area contributed by atoms with E-state index in [9.17, 15) is 16.8 Å². The maximum absolute atomic E-state index is 13.4. The number of aromatic nitrogens is 1. The Hall–Kier alpha value is -1.49. The second-order valence-electron chi connectivity index (χ2n) is 7.39. The van der Waals surface area contributed by atoms with Crippen LogP contribution < -0.4 is 4.90 Å². The number of aryl methyl sites for hydroxylation is 1. The molecule has 0 N–H and O–H groups in total. The van der Waals surface area contributed by atoms with Crippen molar-refractivity contribution in [2.75, 3.05) is 23.7 Å². The number of nitrogens with zero attached hydrogens (tertiary/aromatic N) is 2. The molecule has 0 saturated carbocycles. The predicted octanol–water partition coefficient (Wildman–Crippen LogP) is 3.08. The van der Waals surface area contributed by atoms with Crippen LogP contribution >= 0.6 is 11.3 Å². The molecular formula is C19H26N2O5S3. The van der Waals surface area contributed by atoms with Crippen LogP contribution in [0.2, 0.25) is 0 Å². The second-order valence-corrected chi connectivity index (χ2v) is 12.5. The highest BCUT2D eigenvalue weighted by atomic mass is 32.2. The molecule has 10 heteroatoms. The molecule has 160 valence electrons. The molecule has 1 aromatic heterocycles. The fraction of sp³-hybridized carbons (Fsp3) is 0.526. The van der Waals surface area contributed by atoms with Gasteiger partial charge in [-0.3, -0.25) is 0 Å². The van der Waals surface area contributed by atoms with Gasteiger partial charge < -0.3 is 9.64 Å². The molecule has 2 atom stereocenters. The lowest BCUT2D eigenvalue weighted by atomic mass is 10.2. The average Bonchev–Trinajstić information content (AvgIpc) is 3.08. The molecule has 0 aliphatic carbocycles. The van der Waals surface area contributed by atoms with Crippen molar-refractivity contribution in [2.45, 2.75) is 60.6 Å². The summed E-state index contributed by atoms with van der Waals surface area (Å²) in [4.78, 5) is 6.13. The molecule has 29 heavy (non-hydrogen) atoms. The fourth-order valence-corrected chi connectivity index (χ4v) is 7.82. The zero-order chi connectivity index (χ0) is 21.4. The molecule has 0 unspecified atom stereocenters. The number of anilines is 1. The molecule has 1 aliphatic heterocycles. The minimum Gasteiger partial charge on any atom is -0.372 e. The Balaban J connectivity index is 2.16. The monoisotopic (exact) mass is 458 g/mol. The Morgan fingerprint density at radius 1 is 1.10 bits per heavy atom. The molecule has 1 saturated heterocycles. The molecule has 0 bridgehead atoms. The largest absolute Gasteiger partial charge is 0.372 e. The van der Waals surface area contributed by atoms with Crippen molar-refractivity contribution in [3.63, 3.8) is 0 Å². The number of hydrogen-bond acceptors (Lipinski definition) is 8. The quantitative estimate of drug-likeness (QED) is 0.657. The third kappa shape index (κ3) is 4.65. The Morgan fingerprint density at radius 2 is 1.69 bits per heavy atom. The second kappa shape index (κ2) is 8.33. The first-order valence-corrected chi connectivity index (χ1v) is 13.5. The van der Waals surface area contributed by atoms with Crippen LogP contribution in [-0.4, -0.2) is 52.9 Å². The topological polar surface area (TPSA) is 93.6 Å². The molecule has 1 fully saturated rings. The van der Waals surface area contributed by atoms with E-state index in [1.54, 1.807) is 19.1 Å². The highest BCUT2D eigenvalue weighted by Crippen LogP contribution is 2.38. The zero-order valence-electron chi connectivity index (χ0n) is 17.0. The summed E-state index contributed by atoms with van der Waals surface area (Å²) in [6.07, 6.45) is 0.223. The maximum Gasteiger partial charge on any atom is 0.226 e. The summed E-state index contributed by atoms with van der Waals surface area (Å²) in [5.41, 5.74) is 0.935. The maximum atomic E-state index is 13.4. The number of rotatable bonds is 6. The molecule has 0 spiro atoms. The van der Waals surface area contributed by atoms with Crippen LogP contribution in [0.4, 0.5) is 5.00 Å². The van der Waals surface area contributed by atoms with Gasteiger partial charge in [0.25, 0.3) is 0 Å². The van der Waals surface area contributed by atoms with E-state index in [4.69, 9.17) is 4.74 Å². The van der Waals surface area contributed by atoms with Crippen LogP contribution in [0, 0.1) is 6.92 Å². The summed E-state index contributed by atoms with van der Waals surface area (Å²) in [5, 5.41) is 0.171. The van der Waals surface area contributed by atoms with Crippen LogP contribution in [0.3, 0.4) is 0 Å². The van der Waals surface area contributed by atoms with Crippen LogP contribution in [0.5, 0.6) is 0 Å². The van der Waals surface area contributed by atoms with E-state index in [1.165, 1.54) is 12.1 Å². The van der Waals surface area contributed by atoms with E-state index in [2.05, 4.69) is 4.98 Å². The number of ether oxygens (including phenoxy) is 1. The SMILES string of the molecule is CCCS(=O)(=O)c1nc(S(=O)(=O)c2ccc(C)cc2)c(N2C[C@H](C)O[C@@H](C)C2)s1. The lowest BCUT2D eigenvalue weighted by Gasteiger charge is -2.36. The summed E-state index contributed by atoms with van der Waals surface area (Å²) in [5.74, 6) is -0.0696. The molecule has 0 radical (unpaired) electrons. The van der Waals surface area contributed by atoms with Gasteiger partial charge in [-0.1, -0.05) is 36.0 Å². The molecule has 2 heterocycles. The molecule has 1 aromatic carbocycles. The lowest BCUT2D eigenvalue weighted by molar-refractivity contribution is -0.00517. The van der Waals surface area contributed by atoms with Crippen molar-refractivity contribution < 1.29 is 21.6 Å². The zero-order valence-corrected chi connectivity index (χ0v) is 19.4. The smallest absolute Gasteiger partial charge is 0.226 e. The summed E-state index contributed by atoms with van der Waals surface area (Å²) in [6.45, 7) is 8.39. The van der Waals surface area contributed by atoms with Gasteiger partial charge in [-0.25, -0.2) is 21.8 Å². The van der Waals surface area contributed by atoms with Crippen molar-refractivity contribution in [1.82, 2.24) is 4.98 Å². The normalized spacial score (nSPS) is 20.8. The van der Waals surface area contributed by atoms with Crippen molar-refractivity contribution in [1.29, 1.82) is 0 Å². The van der Waals surface area contributed by atoms with Crippen LogP contribution in [0.15, 0.2) is 38.5 Å². The van der Waals surface area contributed by atoms with E-state index in [-0.39, 0.29) is 32.2 Å². The van der Waals surface area contributed by atoms with Crippen molar-refractivity contribution in [3.05, 3.63) is 29.8 Å². The number of benzene rings is 1. The van der Waals surface area contributed by atoms with E-state index in [1.807, 2.05) is 25.7 Å². The van der Waals surface area contributed by atoms with Gasteiger partial charge in [-0.05, 0) is 39.3 Å². The lowest BCUT2D eigenvalue weighted by Crippen LogP contribution is -2.45. The molecule has 0 amide bonds. The van der Waals surface area contributed by atoms with Gasteiger partial charge in [0.2, 0.25) is 24.0 Å². The van der Waals surface area contributed by atoms with Crippen molar-refractivity contribution in [3.8, 4) is 0 Å². The Kier molecular flexibility index (Phi) is 6.38. The molecule has 7 nitrogen and oxygen atoms in total. The Morgan fingerprint density at radius 3 is 2.24 bits per heavy atom. The van der Waals surface area contributed by atoms with Gasteiger partial charge in [0, 0.05) is 13.1 Å². The number of morpholine rings is 1. The third-order valence-corrected chi connectivity index (χ3v) is 9.90. The standard InChI is InChI=1S/C19H26N2O5S3/c1-5-10-28(22,23)19-20-17(29(24,25)16-8-6-13(2)7-9-16)18(27-19)21-11-14(3)26-15(4)12-21/h6-9,14-15H,5,10-12H2,1-4H3/t14-,15-/m0/s1. The first-order valence-electron chi connectivity index (χ1n) is 9.50. The van der Waals surface area contributed by atoms with E-state index >= 15 is 0 Å². The van der Waals surface area contributed by atoms with E-state index in [0.29, 0.717) is 24.5 Å². The van der Waals surface area contributed by atoms with E-state index < -0.39 is 19.7 Å². The molecule has 1 aliphatic rings. The number of thiazole rings is 1. The first kappa shape index (κ1) is 22.2. The predicted molar refractivity (Wildman–Crippen MR) is 113 cm³/mol. The van der Waals surface area contributed by atoms with E-state index in [0.717, 1.165) is 16.9 Å². The van der Waals surface area contributed by atoms with Crippen LogP contribution in [0.1, 0.15) is 32.8 Å². The van der Waals surface area contributed by atoms with Crippen LogP contribution in [-0.2, 0) is 24.4 Å². The fourth-order valence-electron chi connectivity index (χ4n) is 3.32. The Labute approximate surface area is 176 Å². The summed E-state index contributed by atoms with van der Waals surface area (Å²) in [6, 6.07) is 6.48. The van der Waals surface area contributed by atoms with Gasteiger partial charge in [0.05, 0.1) is 22.9 Å². The molecular weight excluding hydrogens is 432 g/mol. The highest BCUT2D eigenvalue weighted by Gasteiger charge is 2.35. The average molecular weight is 459 g/mol. The van der Waals surface area contributed by atoms with Gasteiger partial charge >= 0.3 is 0 Å². The summed E-state index contributed by atoms with van der Waals surface area (Å²) < 4.78 is 57.6. The summed E-state index contributed by atoms with van der Waals surface area (Å²) >= 11 is 0.934. The van der Waals surface area contributed by atoms with Gasteiger partial charge in [0.15, 0.2) is 5.03 Å². The summed E-state index contributed by atoms with van der Waals surface area (Å²) in [7, 11) is -7.61. The van der Waals surface area contributed by atoms with Crippen molar-refractivity contribution in [2.24, 2.45) is 0 Å². The first-order chi connectivity index (χ1) is 13.5. The highest BCUT2D eigenvalue weighted by molar-refractivity contribution is 7.94.